The zero-order chi connectivity index (χ0) is 22.5. The van der Waals surface area contributed by atoms with E-state index in [0.717, 1.165) is 30.8 Å². The van der Waals surface area contributed by atoms with E-state index < -0.39 is 0 Å². The van der Waals surface area contributed by atoms with Gasteiger partial charge in [-0.05, 0) is 25.0 Å². The Morgan fingerprint density at radius 2 is 2.19 bits per heavy atom. The summed E-state index contributed by atoms with van der Waals surface area (Å²) in [5.41, 5.74) is 3.95. The molecule has 168 valence electrons. The number of fused-ring (bicyclic) bond motifs is 1. The number of hydrogen-bond donors (Lipinski definition) is 2. The van der Waals surface area contributed by atoms with E-state index in [1.54, 1.807) is 19.4 Å². The van der Waals surface area contributed by atoms with Crippen LogP contribution in [-0.4, -0.2) is 60.7 Å². The van der Waals surface area contributed by atoms with E-state index in [0.29, 0.717) is 40.0 Å². The van der Waals surface area contributed by atoms with Crippen molar-refractivity contribution in [2.45, 2.75) is 20.8 Å². The molecule has 0 spiro atoms. The highest BCUT2D eigenvalue weighted by Gasteiger charge is 2.30. The van der Waals surface area contributed by atoms with E-state index in [1.165, 1.54) is 4.79 Å². The third-order valence-electron chi connectivity index (χ3n) is 4.42. The van der Waals surface area contributed by atoms with Gasteiger partial charge in [-0.1, -0.05) is 13.8 Å². The van der Waals surface area contributed by atoms with E-state index in [4.69, 9.17) is 9.32 Å². The van der Waals surface area contributed by atoms with Crippen LogP contribution in [0, 0.1) is 5.92 Å². The number of H-pyrrole nitrogens is 1. The number of aromatic nitrogens is 6. The number of hydroxylamine groups is 1. The van der Waals surface area contributed by atoms with Crippen LogP contribution in [0.2, 0.25) is 0 Å². The average Bonchev–Trinajstić information content (AvgIpc) is 3.51. The summed E-state index contributed by atoms with van der Waals surface area (Å²) in [4.78, 5) is 29.3. The molecular weight excluding hydrogens is 432 g/mol. The molecule has 1 aliphatic rings. The topological polar surface area (TPSA) is 131 Å². The summed E-state index contributed by atoms with van der Waals surface area (Å²) in [6.45, 7) is 8.39. The molecule has 0 saturated carbocycles. The van der Waals surface area contributed by atoms with Gasteiger partial charge >= 0.3 is 0 Å². The molecule has 0 atom stereocenters. The Kier molecular flexibility index (Phi) is 6.90. The first-order chi connectivity index (χ1) is 15.6. The van der Waals surface area contributed by atoms with Crippen LogP contribution in [0.15, 0.2) is 40.8 Å². The lowest BCUT2D eigenvalue weighted by Gasteiger charge is -2.24. The van der Waals surface area contributed by atoms with Gasteiger partial charge in [0.2, 0.25) is 11.6 Å². The monoisotopic (exact) mass is 456 g/mol. The highest BCUT2D eigenvalue weighted by Crippen LogP contribution is 2.25. The van der Waals surface area contributed by atoms with E-state index >= 15 is 0 Å². The van der Waals surface area contributed by atoms with Crippen LogP contribution in [0.1, 0.15) is 26.6 Å². The molecule has 0 unspecified atom stereocenters. The quantitative estimate of drug-likeness (QED) is 0.216. The van der Waals surface area contributed by atoms with Crippen molar-refractivity contribution in [3.05, 3.63) is 36.5 Å². The van der Waals surface area contributed by atoms with Crippen LogP contribution in [-0.2, 0) is 9.32 Å². The SMILES string of the molecule is CCN(CC(C)C)c1ccc(N=C2C(SOONC)=Nn3nc(-c4ncc[nH]4)nc32)nc1. The molecule has 32 heavy (non-hydrogen) atoms. The molecule has 13 heteroatoms. The Morgan fingerprint density at radius 3 is 2.84 bits per heavy atom. The van der Waals surface area contributed by atoms with Gasteiger partial charge in [-0.25, -0.2) is 19.9 Å². The highest BCUT2D eigenvalue weighted by molar-refractivity contribution is 8.11. The lowest BCUT2D eigenvalue weighted by molar-refractivity contribution is -0.236. The van der Waals surface area contributed by atoms with Crippen molar-refractivity contribution in [2.75, 3.05) is 25.0 Å². The Labute approximate surface area is 189 Å². The van der Waals surface area contributed by atoms with Gasteiger partial charge < -0.3 is 9.88 Å². The fraction of sp³-hybridized carbons (Fsp3) is 0.368. The fourth-order valence-electron chi connectivity index (χ4n) is 3.08. The number of imidazole rings is 1. The molecule has 3 aromatic rings. The van der Waals surface area contributed by atoms with Crippen LogP contribution >= 0.6 is 12.0 Å². The highest BCUT2D eigenvalue weighted by atomic mass is 32.2. The number of pyridine rings is 1. The second-order valence-corrected chi connectivity index (χ2v) is 7.89. The van der Waals surface area contributed by atoms with Crippen molar-refractivity contribution in [1.82, 2.24) is 35.3 Å². The molecule has 1 aliphatic heterocycles. The number of aliphatic imine (C=N–C) groups is 1. The van der Waals surface area contributed by atoms with Crippen LogP contribution in [0.25, 0.3) is 11.6 Å². The summed E-state index contributed by atoms with van der Waals surface area (Å²) < 4.78 is 5.02. The van der Waals surface area contributed by atoms with Gasteiger partial charge in [-0.2, -0.15) is 5.48 Å². The molecule has 4 heterocycles. The van der Waals surface area contributed by atoms with E-state index in [2.05, 4.69) is 66.3 Å². The van der Waals surface area contributed by atoms with Crippen LogP contribution in [0.5, 0.6) is 0 Å². The molecule has 0 aromatic carbocycles. The van der Waals surface area contributed by atoms with Gasteiger partial charge in [0, 0.05) is 32.5 Å². The normalized spacial score (nSPS) is 14.3. The van der Waals surface area contributed by atoms with Crippen molar-refractivity contribution in [3.8, 4) is 11.6 Å². The minimum absolute atomic E-state index is 0.411. The largest absolute Gasteiger partial charge is 0.370 e. The smallest absolute Gasteiger partial charge is 0.219 e. The molecule has 0 amide bonds. The molecule has 4 rings (SSSR count). The van der Waals surface area contributed by atoms with Crippen molar-refractivity contribution >= 4 is 34.3 Å². The average molecular weight is 457 g/mol. The summed E-state index contributed by atoms with van der Waals surface area (Å²) >= 11 is 0.893. The fourth-order valence-corrected chi connectivity index (χ4v) is 3.57. The standard InChI is InChI=1S/C19H24N10O2S/c1-5-28(11-12(2)3)13-6-7-14(23-10-13)24-15-18-25-17(16-21-8-9-22-16)26-29(18)27-19(15)32-31-30-20-4/h6-10,12,20H,5,11H2,1-4H3,(H,21,22). The molecule has 3 aromatic heterocycles. The van der Waals surface area contributed by atoms with Crippen LogP contribution < -0.4 is 10.4 Å². The van der Waals surface area contributed by atoms with E-state index in [1.807, 2.05) is 18.3 Å². The minimum Gasteiger partial charge on any atom is -0.370 e. The van der Waals surface area contributed by atoms with Gasteiger partial charge in [0.15, 0.2) is 16.7 Å². The third kappa shape index (κ3) is 4.85. The predicted molar refractivity (Wildman–Crippen MR) is 122 cm³/mol. The van der Waals surface area contributed by atoms with Crippen LogP contribution in [0.4, 0.5) is 11.5 Å². The Bertz CT molecular complexity index is 1090. The lowest BCUT2D eigenvalue weighted by Crippen LogP contribution is -2.27. The first kappa shape index (κ1) is 22.1. The number of hydrogen-bond acceptors (Lipinski definition) is 11. The number of anilines is 1. The number of rotatable bonds is 9. The van der Waals surface area contributed by atoms with E-state index in [9.17, 15) is 0 Å². The first-order valence-electron chi connectivity index (χ1n) is 10.1. The summed E-state index contributed by atoms with van der Waals surface area (Å²) in [7, 11) is 1.58. The van der Waals surface area contributed by atoms with Gasteiger partial charge in [-0.3, -0.25) is 0 Å². The molecule has 12 nitrogen and oxygen atoms in total. The zero-order valence-corrected chi connectivity index (χ0v) is 19.0. The summed E-state index contributed by atoms with van der Waals surface area (Å²) in [5.74, 6) is 2.47. The summed E-state index contributed by atoms with van der Waals surface area (Å²) in [5, 5.41) is 9.21. The first-order valence-corrected chi connectivity index (χ1v) is 10.9. The molecule has 0 bridgehead atoms. The maximum absolute atomic E-state index is 5.02. The second kappa shape index (κ2) is 9.99. The van der Waals surface area contributed by atoms with Crippen molar-refractivity contribution in [1.29, 1.82) is 0 Å². The lowest BCUT2D eigenvalue weighted by atomic mass is 10.2. The Balaban J connectivity index is 1.63. The maximum atomic E-state index is 5.02. The zero-order valence-electron chi connectivity index (χ0n) is 18.2. The van der Waals surface area contributed by atoms with Gasteiger partial charge in [-0.15, -0.1) is 24.3 Å². The van der Waals surface area contributed by atoms with E-state index in [-0.39, 0.29) is 0 Å². The number of nitrogens with one attached hydrogen (secondary N) is 2. The molecular formula is C19H24N10O2S. The third-order valence-corrected chi connectivity index (χ3v) is 4.99. The number of aromatic amines is 1. The van der Waals surface area contributed by atoms with Gasteiger partial charge in [0.05, 0.1) is 23.9 Å². The van der Waals surface area contributed by atoms with Gasteiger partial charge in [0.1, 0.15) is 5.71 Å². The minimum atomic E-state index is 0.411. The molecule has 2 N–H and O–H groups in total. The van der Waals surface area contributed by atoms with Crippen molar-refractivity contribution in [3.63, 3.8) is 0 Å². The Hall–Kier alpha value is -3.13. The van der Waals surface area contributed by atoms with Crippen molar-refractivity contribution in [2.24, 2.45) is 16.0 Å². The molecule has 0 aliphatic carbocycles. The summed E-state index contributed by atoms with van der Waals surface area (Å²) in [6, 6.07) is 3.88. The molecule has 0 radical (unpaired) electrons. The molecule has 0 fully saturated rings. The Morgan fingerprint density at radius 1 is 1.31 bits per heavy atom. The number of nitrogens with zero attached hydrogens (tertiary/aromatic N) is 8. The summed E-state index contributed by atoms with van der Waals surface area (Å²) in [6.07, 6.45) is 5.16. The van der Waals surface area contributed by atoms with Crippen LogP contribution in [0.3, 0.4) is 0 Å². The van der Waals surface area contributed by atoms with Gasteiger partial charge in [0.25, 0.3) is 0 Å². The predicted octanol–water partition coefficient (Wildman–Crippen LogP) is 2.57. The second-order valence-electron chi connectivity index (χ2n) is 7.20. The maximum Gasteiger partial charge on any atom is 0.219 e. The van der Waals surface area contributed by atoms with Crippen molar-refractivity contribution < 1.29 is 9.32 Å². The molecule has 0 saturated heterocycles.